The van der Waals surface area contributed by atoms with Crippen molar-refractivity contribution < 1.29 is 19.8 Å². The fraction of sp³-hybridized carbons (Fsp3) is 0.429. The van der Waals surface area contributed by atoms with Gasteiger partial charge in [-0.05, 0) is 17.6 Å². The molecule has 0 amide bonds. The van der Waals surface area contributed by atoms with Crippen molar-refractivity contribution in [2.24, 2.45) is 0 Å². The fourth-order valence-corrected chi connectivity index (χ4v) is 1.14. The first-order valence-electron chi connectivity index (χ1n) is 3.36. The molecular weight excluding hydrogens is 180 g/mol. The van der Waals surface area contributed by atoms with Crippen LogP contribution in [0, 0.1) is 0 Å². The fourth-order valence-electron chi connectivity index (χ4n) is 0.481. The lowest BCUT2D eigenvalue weighted by atomic mass is 10.3. The molecule has 0 fully saturated rings. The van der Waals surface area contributed by atoms with Crippen LogP contribution in [-0.4, -0.2) is 27.9 Å². The Balaban J connectivity index is 3.21. The van der Waals surface area contributed by atoms with Gasteiger partial charge in [-0.15, -0.1) is 11.8 Å². The Kier molecular flexibility index (Phi) is 6.18. The van der Waals surface area contributed by atoms with Crippen molar-refractivity contribution in [1.29, 1.82) is 0 Å². The van der Waals surface area contributed by atoms with Crippen LogP contribution in [0.3, 0.4) is 0 Å². The van der Waals surface area contributed by atoms with Crippen LogP contribution in [0.15, 0.2) is 11.5 Å². The third-order valence-corrected chi connectivity index (χ3v) is 1.81. The summed E-state index contributed by atoms with van der Waals surface area (Å²) < 4.78 is 0. The molecule has 0 heterocycles. The Morgan fingerprint density at radius 2 is 2.00 bits per heavy atom. The lowest BCUT2D eigenvalue weighted by Crippen LogP contribution is -1.94. The van der Waals surface area contributed by atoms with Crippen molar-refractivity contribution in [2.75, 3.05) is 5.75 Å². The number of carbonyl (C=O) groups is 2. The Morgan fingerprint density at radius 3 is 2.50 bits per heavy atom. The van der Waals surface area contributed by atoms with Gasteiger partial charge in [0.05, 0.1) is 0 Å². The zero-order valence-corrected chi connectivity index (χ0v) is 7.21. The number of thioether (sulfide) groups is 1. The lowest BCUT2D eigenvalue weighted by molar-refractivity contribution is -0.137. The largest absolute Gasteiger partial charge is 0.481 e. The van der Waals surface area contributed by atoms with Crippen LogP contribution in [-0.2, 0) is 9.59 Å². The van der Waals surface area contributed by atoms with E-state index in [1.807, 2.05) is 0 Å². The minimum absolute atomic E-state index is 0.133. The maximum Gasteiger partial charge on any atom is 0.328 e. The summed E-state index contributed by atoms with van der Waals surface area (Å²) in [5, 5.41) is 17.8. The van der Waals surface area contributed by atoms with Crippen molar-refractivity contribution in [1.82, 2.24) is 0 Å². The molecule has 2 N–H and O–H groups in total. The van der Waals surface area contributed by atoms with Gasteiger partial charge in [0.15, 0.2) is 0 Å². The highest BCUT2D eigenvalue weighted by atomic mass is 32.2. The van der Waals surface area contributed by atoms with Crippen LogP contribution >= 0.6 is 11.8 Å². The van der Waals surface area contributed by atoms with Gasteiger partial charge in [-0.3, -0.25) is 4.79 Å². The summed E-state index contributed by atoms with van der Waals surface area (Å²) in [6.07, 6.45) is 1.73. The van der Waals surface area contributed by atoms with Gasteiger partial charge >= 0.3 is 11.9 Å². The van der Waals surface area contributed by atoms with E-state index in [1.165, 1.54) is 17.2 Å². The predicted octanol–water partition coefficient (Wildman–Crippen LogP) is 1.18. The summed E-state index contributed by atoms with van der Waals surface area (Å²) in [5.41, 5.74) is 0. The Morgan fingerprint density at radius 1 is 1.33 bits per heavy atom. The monoisotopic (exact) mass is 190 g/mol. The minimum atomic E-state index is -0.985. The van der Waals surface area contributed by atoms with E-state index in [4.69, 9.17) is 10.2 Å². The third-order valence-electron chi connectivity index (χ3n) is 0.960. The van der Waals surface area contributed by atoms with Crippen LogP contribution in [0.25, 0.3) is 0 Å². The number of carboxylic acid groups (broad SMARTS) is 2. The van der Waals surface area contributed by atoms with Gasteiger partial charge in [-0.1, -0.05) is 0 Å². The molecule has 0 bridgehead atoms. The Hall–Kier alpha value is -0.970. The summed E-state index contributed by atoms with van der Waals surface area (Å²) in [6, 6.07) is 0. The third kappa shape index (κ3) is 9.03. The van der Waals surface area contributed by atoms with Gasteiger partial charge in [0.1, 0.15) is 0 Å². The van der Waals surface area contributed by atoms with Crippen LogP contribution in [0.1, 0.15) is 12.8 Å². The van der Waals surface area contributed by atoms with Crippen LogP contribution in [0.5, 0.6) is 0 Å². The normalized spacial score (nSPS) is 10.3. The standard InChI is InChI=1S/C7H10O4S/c8-6(9)2-1-4-12-5-3-7(10)11/h3,5H,1-2,4H2,(H,8,9)(H,10,11). The topological polar surface area (TPSA) is 74.6 Å². The van der Waals surface area contributed by atoms with Crippen molar-refractivity contribution in [3.63, 3.8) is 0 Å². The molecule has 0 spiro atoms. The molecule has 5 heteroatoms. The molecule has 0 aliphatic heterocycles. The van der Waals surface area contributed by atoms with E-state index in [0.29, 0.717) is 12.2 Å². The molecule has 0 aromatic heterocycles. The summed E-state index contributed by atoms with van der Waals surface area (Å²) in [6.45, 7) is 0. The van der Waals surface area contributed by atoms with E-state index in [9.17, 15) is 9.59 Å². The SMILES string of the molecule is O=C(O)C=CSCCCC(=O)O. The Labute approximate surface area is 74.3 Å². The summed E-state index contributed by atoms with van der Waals surface area (Å²) in [5.74, 6) is -1.17. The van der Waals surface area contributed by atoms with Crippen LogP contribution < -0.4 is 0 Å². The summed E-state index contributed by atoms with van der Waals surface area (Å²) >= 11 is 1.30. The molecule has 0 saturated carbocycles. The zero-order valence-electron chi connectivity index (χ0n) is 6.40. The molecular formula is C7H10O4S. The number of aliphatic carboxylic acids is 2. The van der Waals surface area contributed by atoms with Gasteiger partial charge in [-0.2, -0.15) is 0 Å². The lowest BCUT2D eigenvalue weighted by Gasteiger charge is -1.91. The summed E-state index contributed by atoms with van der Waals surface area (Å²) in [7, 11) is 0. The molecule has 0 atom stereocenters. The van der Waals surface area contributed by atoms with Gasteiger partial charge in [-0.25, -0.2) is 4.79 Å². The second-order valence-corrected chi connectivity index (χ2v) is 3.02. The van der Waals surface area contributed by atoms with Gasteiger partial charge in [0, 0.05) is 12.5 Å². The molecule has 0 aromatic rings. The average Bonchev–Trinajstić information content (AvgIpc) is 1.95. The molecule has 68 valence electrons. The molecule has 12 heavy (non-hydrogen) atoms. The van der Waals surface area contributed by atoms with Crippen molar-refractivity contribution in [3.8, 4) is 0 Å². The highest BCUT2D eigenvalue weighted by Gasteiger charge is 1.94. The first-order chi connectivity index (χ1) is 5.63. The summed E-state index contributed by atoms with van der Waals surface area (Å²) in [4.78, 5) is 20.0. The molecule has 0 aromatic carbocycles. The maximum absolute atomic E-state index is 10.0. The smallest absolute Gasteiger partial charge is 0.328 e. The van der Waals surface area contributed by atoms with Crippen molar-refractivity contribution in [2.45, 2.75) is 12.8 Å². The second kappa shape index (κ2) is 6.72. The molecule has 0 rings (SSSR count). The zero-order chi connectivity index (χ0) is 9.40. The molecule has 0 radical (unpaired) electrons. The second-order valence-electron chi connectivity index (χ2n) is 2.01. The Bertz CT molecular complexity index is 188. The first kappa shape index (κ1) is 11.0. The van der Waals surface area contributed by atoms with Crippen molar-refractivity contribution >= 4 is 23.7 Å². The highest BCUT2D eigenvalue weighted by Crippen LogP contribution is 2.05. The maximum atomic E-state index is 10.0. The predicted molar refractivity (Wildman–Crippen MR) is 46.1 cm³/mol. The highest BCUT2D eigenvalue weighted by molar-refractivity contribution is 8.02. The quantitative estimate of drug-likeness (QED) is 0.486. The van der Waals surface area contributed by atoms with E-state index in [2.05, 4.69) is 0 Å². The molecule has 0 saturated heterocycles. The average molecular weight is 190 g/mol. The minimum Gasteiger partial charge on any atom is -0.481 e. The number of hydrogen-bond acceptors (Lipinski definition) is 3. The molecule has 0 aliphatic rings. The number of hydrogen-bond donors (Lipinski definition) is 2. The molecule has 0 unspecified atom stereocenters. The van der Waals surface area contributed by atoms with Gasteiger partial charge in [0.2, 0.25) is 0 Å². The van der Waals surface area contributed by atoms with E-state index in [0.717, 1.165) is 6.08 Å². The number of rotatable bonds is 6. The van der Waals surface area contributed by atoms with Crippen LogP contribution in [0.4, 0.5) is 0 Å². The molecule has 4 nitrogen and oxygen atoms in total. The van der Waals surface area contributed by atoms with E-state index in [-0.39, 0.29) is 6.42 Å². The number of carboxylic acids is 2. The first-order valence-corrected chi connectivity index (χ1v) is 4.40. The van der Waals surface area contributed by atoms with Crippen LogP contribution in [0.2, 0.25) is 0 Å². The van der Waals surface area contributed by atoms with E-state index in [1.54, 1.807) is 0 Å². The van der Waals surface area contributed by atoms with E-state index >= 15 is 0 Å². The van der Waals surface area contributed by atoms with E-state index < -0.39 is 11.9 Å². The van der Waals surface area contributed by atoms with Crippen molar-refractivity contribution in [3.05, 3.63) is 11.5 Å². The molecule has 0 aliphatic carbocycles. The van der Waals surface area contributed by atoms with Gasteiger partial charge < -0.3 is 10.2 Å². The van der Waals surface area contributed by atoms with Gasteiger partial charge in [0.25, 0.3) is 0 Å².